The van der Waals surface area contributed by atoms with Gasteiger partial charge in [-0.2, -0.15) is 5.53 Å². The van der Waals surface area contributed by atoms with E-state index in [9.17, 15) is 0 Å². The van der Waals surface area contributed by atoms with Gasteiger partial charge in [0, 0.05) is 17.8 Å². The number of nitrogens with two attached hydrogens (primary N) is 1. The minimum Gasteiger partial charge on any atom is -0.382 e. The van der Waals surface area contributed by atoms with Gasteiger partial charge in [0.15, 0.2) is 5.84 Å². The maximum atomic E-state index is 6.70. The van der Waals surface area contributed by atoms with Crippen molar-refractivity contribution < 1.29 is 0 Å². The molecular weight excluding hydrogens is 310 g/mol. The van der Waals surface area contributed by atoms with E-state index in [4.69, 9.17) is 11.3 Å². The predicted molar refractivity (Wildman–Crippen MR) is 102 cm³/mol. The van der Waals surface area contributed by atoms with Crippen molar-refractivity contribution in [3.05, 3.63) is 90.0 Å². The Bertz CT molecular complexity index is 853. The van der Waals surface area contributed by atoms with Crippen LogP contribution in [0.25, 0.3) is 11.1 Å². The maximum absolute atomic E-state index is 6.70. The Labute approximate surface area is 146 Å². The van der Waals surface area contributed by atoms with Crippen molar-refractivity contribution in [2.45, 2.75) is 6.54 Å². The van der Waals surface area contributed by atoms with E-state index in [1.165, 1.54) is 16.7 Å². The number of benzene rings is 3. The van der Waals surface area contributed by atoms with Gasteiger partial charge in [-0.25, -0.2) is 0 Å². The summed E-state index contributed by atoms with van der Waals surface area (Å²) >= 11 is 0. The fourth-order valence-corrected chi connectivity index (χ4v) is 2.52. The van der Waals surface area contributed by atoms with Crippen LogP contribution in [0.3, 0.4) is 0 Å². The van der Waals surface area contributed by atoms with E-state index in [2.05, 4.69) is 52.0 Å². The standard InChI is InChI=1S/C20H19N5/c21-20(24-25-22)18-10-12-19(13-11-18)23-14-15-6-8-17(9-7-15)16-4-2-1-3-5-16/h1-13,23H,14H2,(H3,21,22,24). The molecule has 3 aromatic rings. The molecule has 0 aliphatic carbocycles. The lowest BCUT2D eigenvalue weighted by Crippen LogP contribution is -2.12. The van der Waals surface area contributed by atoms with E-state index in [0.717, 1.165) is 17.8 Å². The molecule has 4 N–H and O–H groups in total. The fraction of sp³-hybridized carbons (Fsp3) is 0.0500. The first-order valence-corrected chi connectivity index (χ1v) is 7.95. The van der Waals surface area contributed by atoms with Gasteiger partial charge in [0.1, 0.15) is 0 Å². The summed E-state index contributed by atoms with van der Waals surface area (Å²) in [6.45, 7) is 0.736. The normalized spacial score (nSPS) is 11.1. The van der Waals surface area contributed by atoms with Gasteiger partial charge in [0.2, 0.25) is 0 Å². The first kappa shape index (κ1) is 16.4. The third kappa shape index (κ3) is 4.29. The summed E-state index contributed by atoms with van der Waals surface area (Å²) in [4.78, 5) is 0. The largest absolute Gasteiger partial charge is 0.382 e. The molecule has 3 aromatic carbocycles. The third-order valence-electron chi connectivity index (χ3n) is 3.90. The van der Waals surface area contributed by atoms with Crippen LogP contribution in [0.2, 0.25) is 0 Å². The van der Waals surface area contributed by atoms with Crippen LogP contribution in [-0.4, -0.2) is 5.84 Å². The van der Waals surface area contributed by atoms with E-state index in [-0.39, 0.29) is 5.84 Å². The van der Waals surface area contributed by atoms with Gasteiger partial charge in [0.25, 0.3) is 0 Å². The number of anilines is 1. The number of hydrogen-bond donors (Lipinski definition) is 3. The molecule has 0 aliphatic rings. The van der Waals surface area contributed by atoms with Gasteiger partial charge in [-0.05, 0) is 41.0 Å². The van der Waals surface area contributed by atoms with Crippen LogP contribution in [0.5, 0.6) is 0 Å². The van der Waals surface area contributed by atoms with Crippen LogP contribution < -0.4 is 11.1 Å². The number of nitrogens with zero attached hydrogens (tertiary/aromatic N) is 2. The topological polar surface area (TPSA) is 86.6 Å². The van der Waals surface area contributed by atoms with Gasteiger partial charge in [-0.1, -0.05) is 59.8 Å². The van der Waals surface area contributed by atoms with Gasteiger partial charge < -0.3 is 11.1 Å². The minimum atomic E-state index is 0.234. The Kier molecular flexibility index (Phi) is 5.16. The van der Waals surface area contributed by atoms with Gasteiger partial charge in [-0.15, -0.1) is 5.10 Å². The van der Waals surface area contributed by atoms with Crippen LogP contribution in [0.4, 0.5) is 5.69 Å². The zero-order valence-corrected chi connectivity index (χ0v) is 13.7. The monoisotopic (exact) mass is 329 g/mol. The number of hydrogen-bond acceptors (Lipinski definition) is 3. The highest BCUT2D eigenvalue weighted by Crippen LogP contribution is 2.19. The van der Waals surface area contributed by atoms with Crippen LogP contribution in [-0.2, 0) is 6.54 Å². The lowest BCUT2D eigenvalue weighted by atomic mass is 10.0. The Morgan fingerprint density at radius 1 is 0.840 bits per heavy atom. The highest BCUT2D eigenvalue weighted by molar-refractivity contribution is 5.97. The highest BCUT2D eigenvalue weighted by Gasteiger charge is 2.00. The van der Waals surface area contributed by atoms with Crippen LogP contribution in [0, 0.1) is 5.53 Å². The Morgan fingerprint density at radius 3 is 2.12 bits per heavy atom. The minimum absolute atomic E-state index is 0.234. The van der Waals surface area contributed by atoms with Crippen LogP contribution in [0.15, 0.2) is 89.2 Å². The summed E-state index contributed by atoms with van der Waals surface area (Å²) in [6.07, 6.45) is 0. The summed E-state index contributed by atoms with van der Waals surface area (Å²) in [5, 5.41) is 9.83. The second kappa shape index (κ2) is 7.88. The highest BCUT2D eigenvalue weighted by atomic mass is 15.3. The fourth-order valence-electron chi connectivity index (χ4n) is 2.52. The lowest BCUT2D eigenvalue weighted by Gasteiger charge is -2.08. The lowest BCUT2D eigenvalue weighted by molar-refractivity contribution is 0.986. The average Bonchev–Trinajstić information content (AvgIpc) is 2.68. The van der Waals surface area contributed by atoms with E-state index in [0.29, 0.717) is 0 Å². The molecule has 0 spiro atoms. The molecule has 0 radical (unpaired) electrons. The molecule has 0 amide bonds. The van der Waals surface area contributed by atoms with Crippen molar-refractivity contribution >= 4 is 11.5 Å². The molecular formula is C20H19N5. The van der Waals surface area contributed by atoms with Crippen molar-refractivity contribution in [1.82, 2.24) is 0 Å². The first-order valence-electron chi connectivity index (χ1n) is 7.95. The first-order chi connectivity index (χ1) is 12.3. The SMILES string of the molecule is N=NN=C(N)c1ccc(NCc2ccc(-c3ccccc3)cc2)cc1. The molecule has 0 aromatic heterocycles. The van der Waals surface area contributed by atoms with Crippen molar-refractivity contribution in [3.63, 3.8) is 0 Å². The average molecular weight is 329 g/mol. The second-order valence-electron chi connectivity index (χ2n) is 5.58. The smallest absolute Gasteiger partial charge is 0.155 e. The molecule has 0 bridgehead atoms. The van der Waals surface area contributed by atoms with Crippen molar-refractivity contribution in [3.8, 4) is 11.1 Å². The zero-order valence-electron chi connectivity index (χ0n) is 13.7. The molecule has 0 heterocycles. The maximum Gasteiger partial charge on any atom is 0.155 e. The summed E-state index contributed by atoms with van der Waals surface area (Å²) < 4.78 is 0. The van der Waals surface area contributed by atoms with Crippen molar-refractivity contribution in [2.24, 2.45) is 16.1 Å². The van der Waals surface area contributed by atoms with Crippen LogP contribution >= 0.6 is 0 Å². The summed E-state index contributed by atoms with van der Waals surface area (Å²) in [5.74, 6) is 0.234. The summed E-state index contributed by atoms with van der Waals surface area (Å²) in [7, 11) is 0. The van der Waals surface area contributed by atoms with E-state index < -0.39 is 0 Å². The van der Waals surface area contributed by atoms with Gasteiger partial charge in [0.05, 0.1) is 0 Å². The Morgan fingerprint density at radius 2 is 1.48 bits per heavy atom. The number of amidine groups is 1. The van der Waals surface area contributed by atoms with Crippen molar-refractivity contribution in [2.75, 3.05) is 5.32 Å². The number of rotatable bonds is 6. The summed E-state index contributed by atoms with van der Waals surface area (Å²) in [6, 6.07) is 26.4. The van der Waals surface area contributed by atoms with Gasteiger partial charge >= 0.3 is 0 Å². The molecule has 5 heteroatoms. The summed E-state index contributed by atoms with van der Waals surface area (Å²) in [5.41, 5.74) is 17.8. The molecule has 3 rings (SSSR count). The van der Waals surface area contributed by atoms with Crippen LogP contribution in [0.1, 0.15) is 11.1 Å². The molecule has 124 valence electrons. The molecule has 5 nitrogen and oxygen atoms in total. The van der Waals surface area contributed by atoms with E-state index >= 15 is 0 Å². The predicted octanol–water partition coefficient (Wildman–Crippen LogP) is 4.62. The quantitative estimate of drug-likeness (QED) is 0.267. The third-order valence-corrected chi connectivity index (χ3v) is 3.90. The molecule has 0 saturated heterocycles. The molecule has 0 saturated carbocycles. The molecule has 0 aliphatic heterocycles. The number of nitrogens with one attached hydrogen (secondary N) is 2. The molecule has 0 unspecified atom stereocenters. The Balaban J connectivity index is 1.62. The molecule has 25 heavy (non-hydrogen) atoms. The molecule has 0 atom stereocenters. The zero-order chi connectivity index (χ0) is 17.5. The molecule has 0 fully saturated rings. The second-order valence-corrected chi connectivity index (χ2v) is 5.58. The van der Waals surface area contributed by atoms with Gasteiger partial charge in [-0.3, -0.25) is 0 Å². The Hall–Kier alpha value is -3.47. The van der Waals surface area contributed by atoms with E-state index in [1.807, 2.05) is 42.5 Å². The van der Waals surface area contributed by atoms with E-state index in [1.54, 1.807) is 0 Å². The van der Waals surface area contributed by atoms with Crippen molar-refractivity contribution in [1.29, 1.82) is 5.53 Å².